The van der Waals surface area contributed by atoms with Crippen molar-refractivity contribution in [2.45, 2.75) is 6.92 Å². The average Bonchev–Trinajstić information content (AvgIpc) is 2.79. The normalized spacial score (nSPS) is 10.6. The number of anilines is 1. The first-order chi connectivity index (χ1) is 16.0. The number of benzene rings is 3. The number of nitrogens with zero attached hydrogens (tertiary/aromatic N) is 1. The molecule has 0 spiro atoms. The first-order valence-corrected chi connectivity index (χ1v) is 10.4. The molecule has 170 valence electrons. The highest BCUT2D eigenvalue weighted by Gasteiger charge is 2.11. The lowest BCUT2D eigenvalue weighted by molar-refractivity contribution is -0.118. The molecule has 0 radical (unpaired) electrons. The number of rotatable bonds is 9. The Bertz CT molecular complexity index is 1170. The van der Waals surface area contributed by atoms with Gasteiger partial charge in [-0.2, -0.15) is 5.10 Å². The third-order valence-corrected chi connectivity index (χ3v) is 4.50. The van der Waals surface area contributed by atoms with Crippen molar-refractivity contribution >= 4 is 35.3 Å². The quantitative estimate of drug-likeness (QED) is 0.322. The Hall–Kier alpha value is -4.04. The van der Waals surface area contributed by atoms with Crippen LogP contribution in [-0.2, 0) is 4.79 Å². The van der Waals surface area contributed by atoms with Crippen LogP contribution in [0.25, 0.3) is 0 Å². The lowest BCUT2D eigenvalue weighted by Gasteiger charge is -2.12. The van der Waals surface area contributed by atoms with E-state index in [1.807, 2.05) is 6.92 Å². The number of phenolic OH excluding ortho intramolecular Hbond substituents is 1. The number of para-hydroxylation sites is 1. The predicted molar refractivity (Wildman–Crippen MR) is 126 cm³/mol. The molecule has 3 N–H and O–H groups in total. The molecule has 0 saturated carbocycles. The predicted octanol–water partition coefficient (Wildman–Crippen LogP) is 4.23. The molecule has 0 aliphatic heterocycles. The molecule has 33 heavy (non-hydrogen) atoms. The molecule has 2 amide bonds. The van der Waals surface area contributed by atoms with Gasteiger partial charge in [-0.25, -0.2) is 5.43 Å². The molecule has 0 bridgehead atoms. The number of hydrazone groups is 1. The number of halogens is 1. The lowest BCUT2D eigenvalue weighted by atomic mass is 10.2. The Morgan fingerprint density at radius 3 is 2.61 bits per heavy atom. The Morgan fingerprint density at radius 2 is 1.85 bits per heavy atom. The summed E-state index contributed by atoms with van der Waals surface area (Å²) in [6.45, 7) is 1.98. The van der Waals surface area contributed by atoms with Crippen LogP contribution in [0.2, 0.25) is 5.02 Å². The molecule has 3 aromatic carbocycles. The minimum absolute atomic E-state index is 0.115. The summed E-state index contributed by atoms with van der Waals surface area (Å²) >= 11 is 5.92. The molecule has 0 fully saturated rings. The minimum Gasteiger partial charge on any atom is -0.507 e. The topological polar surface area (TPSA) is 109 Å². The van der Waals surface area contributed by atoms with E-state index < -0.39 is 5.91 Å². The largest absolute Gasteiger partial charge is 0.507 e. The molecule has 0 aliphatic rings. The minimum atomic E-state index is -0.542. The molecule has 0 heterocycles. The fourth-order valence-corrected chi connectivity index (χ4v) is 2.98. The second kappa shape index (κ2) is 11.5. The van der Waals surface area contributed by atoms with Gasteiger partial charge in [0.2, 0.25) is 0 Å². The molecular weight excluding hydrogens is 446 g/mol. The van der Waals surface area contributed by atoms with Crippen molar-refractivity contribution in [3.63, 3.8) is 0 Å². The van der Waals surface area contributed by atoms with Crippen molar-refractivity contribution in [3.8, 4) is 17.2 Å². The molecule has 0 aliphatic carbocycles. The maximum absolute atomic E-state index is 12.2. The van der Waals surface area contributed by atoms with Crippen LogP contribution in [-0.4, -0.2) is 36.3 Å². The van der Waals surface area contributed by atoms with E-state index in [0.717, 1.165) is 0 Å². The molecule has 0 saturated heterocycles. The smallest absolute Gasteiger partial charge is 0.275 e. The van der Waals surface area contributed by atoms with Crippen LogP contribution in [0, 0.1) is 0 Å². The standard InChI is InChI=1S/C24H22ClN3O5/c1-2-32-22-12-16(14-26-28-24(31)19-8-3-4-9-20(19)29)10-11-21(22)33-15-23(30)27-18-7-5-6-17(25)13-18/h3-14,29H,2,15H2,1H3,(H,27,30)(H,28,31)/b26-14-. The van der Waals surface area contributed by atoms with E-state index in [-0.39, 0.29) is 23.8 Å². The average molecular weight is 468 g/mol. The van der Waals surface area contributed by atoms with E-state index in [1.54, 1.807) is 54.6 Å². The van der Waals surface area contributed by atoms with Gasteiger partial charge in [-0.1, -0.05) is 29.8 Å². The van der Waals surface area contributed by atoms with Gasteiger partial charge in [-0.05, 0) is 61.0 Å². The zero-order chi connectivity index (χ0) is 23.6. The van der Waals surface area contributed by atoms with Gasteiger partial charge in [0.15, 0.2) is 18.1 Å². The number of hydrogen-bond donors (Lipinski definition) is 3. The first-order valence-electron chi connectivity index (χ1n) is 10.0. The number of ether oxygens (including phenoxy) is 2. The Kier molecular flexibility index (Phi) is 8.26. The van der Waals surface area contributed by atoms with Crippen molar-refractivity contribution in [3.05, 3.63) is 82.9 Å². The van der Waals surface area contributed by atoms with Gasteiger partial charge in [-0.3, -0.25) is 9.59 Å². The fourth-order valence-electron chi connectivity index (χ4n) is 2.79. The third-order valence-electron chi connectivity index (χ3n) is 4.26. The van der Waals surface area contributed by atoms with Gasteiger partial charge in [-0.15, -0.1) is 0 Å². The molecule has 0 aromatic heterocycles. The van der Waals surface area contributed by atoms with Crippen LogP contribution in [0.4, 0.5) is 5.69 Å². The van der Waals surface area contributed by atoms with Crippen molar-refractivity contribution in [2.75, 3.05) is 18.5 Å². The van der Waals surface area contributed by atoms with Crippen LogP contribution >= 0.6 is 11.6 Å². The summed E-state index contributed by atoms with van der Waals surface area (Å²) in [5.74, 6) is -0.223. The molecule has 8 nitrogen and oxygen atoms in total. The zero-order valence-electron chi connectivity index (χ0n) is 17.7. The van der Waals surface area contributed by atoms with Crippen molar-refractivity contribution < 1.29 is 24.2 Å². The lowest BCUT2D eigenvalue weighted by Crippen LogP contribution is -2.20. The van der Waals surface area contributed by atoms with Crippen LogP contribution in [0.1, 0.15) is 22.8 Å². The first kappa shape index (κ1) is 23.6. The Morgan fingerprint density at radius 1 is 1.03 bits per heavy atom. The molecule has 0 atom stereocenters. The molecule has 3 rings (SSSR count). The van der Waals surface area contributed by atoms with Gasteiger partial charge in [0.25, 0.3) is 11.8 Å². The highest BCUT2D eigenvalue weighted by Crippen LogP contribution is 2.28. The van der Waals surface area contributed by atoms with Crippen LogP contribution in [0.15, 0.2) is 71.8 Å². The summed E-state index contributed by atoms with van der Waals surface area (Å²) in [5.41, 5.74) is 3.67. The van der Waals surface area contributed by atoms with E-state index in [9.17, 15) is 14.7 Å². The number of nitrogens with one attached hydrogen (secondary N) is 2. The number of carbonyl (C=O) groups is 2. The van der Waals surface area contributed by atoms with E-state index in [2.05, 4.69) is 15.8 Å². The third kappa shape index (κ3) is 6.98. The maximum Gasteiger partial charge on any atom is 0.275 e. The van der Waals surface area contributed by atoms with E-state index in [4.69, 9.17) is 21.1 Å². The maximum atomic E-state index is 12.2. The van der Waals surface area contributed by atoms with Crippen LogP contribution in [0.3, 0.4) is 0 Å². The molecule has 3 aromatic rings. The van der Waals surface area contributed by atoms with Gasteiger partial charge < -0.3 is 19.9 Å². The van der Waals surface area contributed by atoms with Crippen LogP contribution < -0.4 is 20.2 Å². The monoisotopic (exact) mass is 467 g/mol. The Balaban J connectivity index is 1.61. The molecule has 9 heteroatoms. The molecule has 0 unspecified atom stereocenters. The fraction of sp³-hybridized carbons (Fsp3) is 0.125. The molecular formula is C24H22ClN3O5. The number of carbonyl (C=O) groups excluding carboxylic acids is 2. The Labute approximate surface area is 195 Å². The number of phenols is 1. The SMILES string of the molecule is CCOc1cc(/C=N\NC(=O)c2ccccc2O)ccc1OCC(=O)Nc1cccc(Cl)c1. The van der Waals surface area contributed by atoms with Crippen molar-refractivity contribution in [1.82, 2.24) is 5.43 Å². The second-order valence-corrected chi connectivity index (χ2v) is 7.14. The van der Waals surface area contributed by atoms with Gasteiger partial charge >= 0.3 is 0 Å². The van der Waals surface area contributed by atoms with E-state index in [0.29, 0.717) is 34.4 Å². The summed E-state index contributed by atoms with van der Waals surface area (Å²) in [6, 6.07) is 18.0. The number of amides is 2. The van der Waals surface area contributed by atoms with E-state index in [1.165, 1.54) is 18.3 Å². The van der Waals surface area contributed by atoms with Crippen LogP contribution in [0.5, 0.6) is 17.2 Å². The summed E-state index contributed by atoms with van der Waals surface area (Å²) in [6.07, 6.45) is 1.43. The summed E-state index contributed by atoms with van der Waals surface area (Å²) in [4.78, 5) is 24.3. The van der Waals surface area contributed by atoms with Crippen molar-refractivity contribution in [1.29, 1.82) is 0 Å². The zero-order valence-corrected chi connectivity index (χ0v) is 18.5. The highest BCUT2D eigenvalue weighted by molar-refractivity contribution is 6.30. The highest BCUT2D eigenvalue weighted by atomic mass is 35.5. The summed E-state index contributed by atoms with van der Waals surface area (Å²) in [7, 11) is 0. The second-order valence-electron chi connectivity index (χ2n) is 6.70. The summed E-state index contributed by atoms with van der Waals surface area (Å²) < 4.78 is 11.2. The van der Waals surface area contributed by atoms with E-state index >= 15 is 0 Å². The number of aromatic hydroxyl groups is 1. The van der Waals surface area contributed by atoms with Gasteiger partial charge in [0, 0.05) is 10.7 Å². The van der Waals surface area contributed by atoms with Crippen molar-refractivity contribution in [2.24, 2.45) is 5.10 Å². The summed E-state index contributed by atoms with van der Waals surface area (Å²) in [5, 5.41) is 16.9. The van der Waals surface area contributed by atoms with Gasteiger partial charge in [0.1, 0.15) is 5.75 Å². The number of hydrogen-bond acceptors (Lipinski definition) is 6. The van der Waals surface area contributed by atoms with Gasteiger partial charge in [0.05, 0.1) is 18.4 Å².